The normalized spacial score (nSPS) is 25.2. The van der Waals surface area contributed by atoms with Crippen LogP contribution in [0, 0.1) is 17.8 Å². The molecule has 2 fully saturated rings. The number of carbonyl (C=O) groups excluding carboxylic acids is 2. The standard InChI is InChI=1S/C30H24Cl2N4O3/c1-15(2)13-21-24-25(28(39)35(27(24)38)23-14-16(31)11-12-19(23)32)30(34-21)18-8-4-6-10-22(18)36-26(37)17-7-3-5-9-20(17)33-29(30)36/h3-12,14-15,21,24-25,34H,13H2,1-2H3/t21-,24-,25+,30+/m0/s1. The fourth-order valence-electron chi connectivity index (χ4n) is 6.82. The fraction of sp³-hybridized carbons (Fsp3) is 0.267. The van der Waals surface area contributed by atoms with Crippen LogP contribution < -0.4 is 15.8 Å². The second-order valence-electron chi connectivity index (χ2n) is 10.9. The largest absolute Gasteiger partial charge is 0.297 e. The summed E-state index contributed by atoms with van der Waals surface area (Å²) in [6.07, 6.45) is 0.652. The van der Waals surface area contributed by atoms with Crippen LogP contribution in [0.1, 0.15) is 31.7 Å². The quantitative estimate of drug-likeness (QED) is 0.355. The number of imide groups is 1. The summed E-state index contributed by atoms with van der Waals surface area (Å²) in [5.41, 5.74) is 0.826. The van der Waals surface area contributed by atoms with Gasteiger partial charge in [-0.2, -0.15) is 0 Å². The summed E-state index contributed by atoms with van der Waals surface area (Å²) in [6, 6.07) is 19.1. The molecule has 4 aromatic rings. The Morgan fingerprint density at radius 3 is 2.49 bits per heavy atom. The van der Waals surface area contributed by atoms with Gasteiger partial charge in [-0.3, -0.25) is 24.3 Å². The van der Waals surface area contributed by atoms with Crippen molar-refractivity contribution in [2.24, 2.45) is 17.8 Å². The maximum Gasteiger partial charge on any atom is 0.266 e. The second kappa shape index (κ2) is 8.49. The summed E-state index contributed by atoms with van der Waals surface area (Å²) in [6.45, 7) is 4.17. The number of halogens is 2. The summed E-state index contributed by atoms with van der Waals surface area (Å²) >= 11 is 12.8. The molecular weight excluding hydrogens is 535 g/mol. The average Bonchev–Trinajstić information content (AvgIpc) is 3.48. The van der Waals surface area contributed by atoms with E-state index < -0.39 is 23.3 Å². The first-order valence-corrected chi connectivity index (χ1v) is 13.7. The van der Waals surface area contributed by atoms with Crippen molar-refractivity contribution in [3.05, 3.63) is 98.5 Å². The number of fused-ring (bicyclic) bond motifs is 8. The SMILES string of the molecule is CC(C)C[C@@H]1N[C@]2(c3ccccc3-n3c2nc2ccccc2c3=O)[C@H]2C(=O)N(c3cc(Cl)ccc3Cl)C(=O)[C@@H]12. The molecule has 1 spiro atoms. The summed E-state index contributed by atoms with van der Waals surface area (Å²) in [7, 11) is 0. The van der Waals surface area contributed by atoms with Gasteiger partial charge in [0.25, 0.3) is 5.56 Å². The van der Waals surface area contributed by atoms with Crippen molar-refractivity contribution in [2.45, 2.75) is 31.8 Å². The molecule has 3 aromatic carbocycles. The monoisotopic (exact) mass is 558 g/mol. The van der Waals surface area contributed by atoms with Crippen LogP contribution in [0.25, 0.3) is 16.6 Å². The Morgan fingerprint density at radius 2 is 1.69 bits per heavy atom. The van der Waals surface area contributed by atoms with Gasteiger partial charge < -0.3 is 0 Å². The molecule has 1 N–H and O–H groups in total. The van der Waals surface area contributed by atoms with Crippen molar-refractivity contribution < 1.29 is 9.59 Å². The van der Waals surface area contributed by atoms with Crippen LogP contribution in [-0.4, -0.2) is 27.4 Å². The first-order chi connectivity index (χ1) is 18.7. The number of rotatable bonds is 3. The van der Waals surface area contributed by atoms with Gasteiger partial charge in [0.1, 0.15) is 11.4 Å². The van der Waals surface area contributed by atoms with Gasteiger partial charge in [-0.25, -0.2) is 9.88 Å². The summed E-state index contributed by atoms with van der Waals surface area (Å²) in [5.74, 6) is -1.58. The minimum Gasteiger partial charge on any atom is -0.297 e. The topological polar surface area (TPSA) is 84.3 Å². The van der Waals surface area contributed by atoms with E-state index in [9.17, 15) is 14.4 Å². The highest BCUT2D eigenvalue weighted by molar-refractivity contribution is 6.38. The minimum absolute atomic E-state index is 0.211. The number of para-hydroxylation sites is 2. The van der Waals surface area contributed by atoms with Crippen LogP contribution in [0.3, 0.4) is 0 Å². The zero-order chi connectivity index (χ0) is 27.2. The fourth-order valence-corrected chi connectivity index (χ4v) is 7.19. The summed E-state index contributed by atoms with van der Waals surface area (Å²) in [5, 5.41) is 4.83. The molecule has 2 amide bonds. The van der Waals surface area contributed by atoms with Crippen LogP contribution in [0.5, 0.6) is 0 Å². The molecule has 39 heavy (non-hydrogen) atoms. The van der Waals surface area contributed by atoms with Crippen LogP contribution in [0.2, 0.25) is 10.0 Å². The van der Waals surface area contributed by atoms with Gasteiger partial charge in [-0.15, -0.1) is 0 Å². The molecule has 0 unspecified atom stereocenters. The molecule has 4 atom stereocenters. The lowest BCUT2D eigenvalue weighted by molar-refractivity contribution is -0.123. The second-order valence-corrected chi connectivity index (χ2v) is 11.8. The predicted molar refractivity (Wildman–Crippen MR) is 150 cm³/mol. The van der Waals surface area contributed by atoms with Crippen molar-refractivity contribution in [1.82, 2.24) is 14.9 Å². The van der Waals surface area contributed by atoms with Crippen molar-refractivity contribution in [1.29, 1.82) is 0 Å². The molecule has 0 radical (unpaired) electrons. The van der Waals surface area contributed by atoms with E-state index in [1.54, 1.807) is 34.9 Å². The third-order valence-corrected chi connectivity index (χ3v) is 8.79. The van der Waals surface area contributed by atoms with Crippen LogP contribution in [0.4, 0.5) is 5.69 Å². The van der Waals surface area contributed by atoms with E-state index in [1.165, 1.54) is 4.90 Å². The van der Waals surface area contributed by atoms with Gasteiger partial charge in [-0.1, -0.05) is 67.4 Å². The zero-order valence-electron chi connectivity index (χ0n) is 21.2. The van der Waals surface area contributed by atoms with Crippen LogP contribution in [0.15, 0.2) is 71.5 Å². The molecule has 0 aliphatic carbocycles. The maximum atomic E-state index is 14.5. The molecule has 3 aliphatic rings. The van der Waals surface area contributed by atoms with Gasteiger partial charge in [0.05, 0.1) is 39.1 Å². The number of benzene rings is 3. The number of hydrogen-bond donors (Lipinski definition) is 1. The summed E-state index contributed by atoms with van der Waals surface area (Å²) < 4.78 is 1.60. The molecule has 4 heterocycles. The highest BCUT2D eigenvalue weighted by Gasteiger charge is 2.69. The Bertz CT molecular complexity index is 1780. The lowest BCUT2D eigenvalue weighted by atomic mass is 9.75. The molecule has 3 aliphatic heterocycles. The van der Waals surface area contributed by atoms with E-state index >= 15 is 0 Å². The van der Waals surface area contributed by atoms with Gasteiger partial charge in [0.2, 0.25) is 11.8 Å². The summed E-state index contributed by atoms with van der Waals surface area (Å²) in [4.78, 5) is 48.7. The van der Waals surface area contributed by atoms with Gasteiger partial charge in [-0.05, 0) is 48.7 Å². The van der Waals surface area contributed by atoms with Crippen molar-refractivity contribution in [3.8, 4) is 5.69 Å². The van der Waals surface area contributed by atoms with Crippen molar-refractivity contribution >= 4 is 51.6 Å². The molecule has 196 valence electrons. The van der Waals surface area contributed by atoms with E-state index in [-0.39, 0.29) is 34.1 Å². The Morgan fingerprint density at radius 1 is 0.949 bits per heavy atom. The van der Waals surface area contributed by atoms with E-state index in [2.05, 4.69) is 19.2 Å². The van der Waals surface area contributed by atoms with Gasteiger partial charge in [0.15, 0.2) is 0 Å². The van der Waals surface area contributed by atoms with E-state index in [1.807, 2.05) is 36.4 Å². The molecule has 0 bridgehead atoms. The number of carbonyl (C=O) groups is 2. The van der Waals surface area contributed by atoms with Crippen LogP contribution >= 0.6 is 23.2 Å². The zero-order valence-corrected chi connectivity index (χ0v) is 22.7. The Balaban J connectivity index is 1.53. The van der Waals surface area contributed by atoms with E-state index in [0.717, 1.165) is 5.56 Å². The van der Waals surface area contributed by atoms with Crippen molar-refractivity contribution in [3.63, 3.8) is 0 Å². The lowest BCUT2D eigenvalue weighted by Gasteiger charge is -2.32. The number of aromatic nitrogens is 2. The molecule has 1 aromatic heterocycles. The number of amides is 2. The smallest absolute Gasteiger partial charge is 0.266 e. The van der Waals surface area contributed by atoms with Gasteiger partial charge in [0, 0.05) is 16.6 Å². The highest BCUT2D eigenvalue weighted by Crippen LogP contribution is 2.56. The Hall–Kier alpha value is -3.52. The highest BCUT2D eigenvalue weighted by atomic mass is 35.5. The molecule has 9 heteroatoms. The third-order valence-electron chi connectivity index (χ3n) is 8.24. The predicted octanol–water partition coefficient (Wildman–Crippen LogP) is 5.07. The van der Waals surface area contributed by atoms with Gasteiger partial charge >= 0.3 is 0 Å². The molecule has 7 nitrogen and oxygen atoms in total. The minimum atomic E-state index is -1.18. The Labute approximate surface area is 234 Å². The van der Waals surface area contributed by atoms with E-state index in [4.69, 9.17) is 28.2 Å². The lowest BCUT2D eigenvalue weighted by Crippen LogP contribution is -2.50. The molecular formula is C30H24Cl2N4O3. The number of nitrogens with zero attached hydrogens (tertiary/aromatic N) is 3. The average molecular weight is 559 g/mol. The number of anilines is 1. The molecule has 7 rings (SSSR count). The number of nitrogens with one attached hydrogen (secondary N) is 1. The van der Waals surface area contributed by atoms with E-state index in [0.29, 0.717) is 33.9 Å². The first kappa shape index (κ1) is 24.5. The Kier molecular flexibility index (Phi) is 5.34. The molecule has 0 saturated carbocycles. The molecule has 2 saturated heterocycles. The third kappa shape index (κ3) is 3.21. The number of hydrogen-bond acceptors (Lipinski definition) is 5. The first-order valence-electron chi connectivity index (χ1n) is 13.0. The van der Waals surface area contributed by atoms with Crippen molar-refractivity contribution in [2.75, 3.05) is 4.90 Å². The maximum absolute atomic E-state index is 14.5. The van der Waals surface area contributed by atoms with Crippen LogP contribution in [-0.2, 0) is 15.1 Å².